The van der Waals surface area contributed by atoms with Crippen molar-refractivity contribution in [3.05, 3.63) is 107 Å². The molecule has 0 saturated carbocycles. The summed E-state index contributed by atoms with van der Waals surface area (Å²) < 4.78 is 20.0. The van der Waals surface area contributed by atoms with Crippen LogP contribution < -0.4 is 15.6 Å². The number of nitrogens with zero attached hydrogens (tertiary/aromatic N) is 4. The number of ether oxygens (including phenoxy) is 1. The molecule has 0 unspecified atom stereocenters. The molecule has 33 heavy (non-hydrogen) atoms. The molecule has 0 atom stereocenters. The maximum absolute atomic E-state index is 13.1. The average Bonchev–Trinajstić information content (AvgIpc) is 2.85. The average molecular weight is 445 g/mol. The molecule has 9 heteroatoms. The Morgan fingerprint density at radius 1 is 1.00 bits per heavy atom. The zero-order chi connectivity index (χ0) is 23.0. The van der Waals surface area contributed by atoms with Crippen LogP contribution >= 0.6 is 0 Å². The van der Waals surface area contributed by atoms with Gasteiger partial charge in [-0.25, -0.2) is 19.0 Å². The molecule has 0 radical (unpaired) electrons. The Labute approximate surface area is 188 Å². The van der Waals surface area contributed by atoms with Crippen molar-refractivity contribution in [2.75, 3.05) is 6.54 Å². The fourth-order valence-corrected chi connectivity index (χ4v) is 3.02. The van der Waals surface area contributed by atoms with Gasteiger partial charge in [-0.15, -0.1) is 0 Å². The summed E-state index contributed by atoms with van der Waals surface area (Å²) in [5.41, 5.74) is 2.01. The SMILES string of the molecule is O=C(NCCn1nc(-c2ccc(F)cc2)ccc1=O)c1cc(OCc2ccccc2)ncn1. The Morgan fingerprint density at radius 3 is 2.58 bits per heavy atom. The predicted octanol–water partition coefficient (Wildman–Crippen LogP) is 2.85. The number of carbonyl (C=O) groups is 1. The predicted molar refractivity (Wildman–Crippen MR) is 119 cm³/mol. The maximum atomic E-state index is 13.1. The van der Waals surface area contributed by atoms with E-state index in [0.717, 1.165) is 5.56 Å². The molecule has 4 rings (SSSR count). The normalized spacial score (nSPS) is 10.6. The van der Waals surface area contributed by atoms with Crippen LogP contribution in [-0.4, -0.2) is 32.2 Å². The van der Waals surface area contributed by atoms with Gasteiger partial charge in [0, 0.05) is 24.2 Å². The Kier molecular flexibility index (Phi) is 6.79. The van der Waals surface area contributed by atoms with E-state index in [2.05, 4.69) is 20.4 Å². The molecule has 0 spiro atoms. The Bertz CT molecular complexity index is 1290. The number of benzene rings is 2. The van der Waals surface area contributed by atoms with E-state index in [0.29, 0.717) is 17.9 Å². The number of hydrogen-bond acceptors (Lipinski definition) is 6. The van der Waals surface area contributed by atoms with Gasteiger partial charge in [0.25, 0.3) is 11.5 Å². The van der Waals surface area contributed by atoms with Crippen molar-refractivity contribution >= 4 is 5.91 Å². The molecule has 2 aromatic heterocycles. The summed E-state index contributed by atoms with van der Waals surface area (Å²) >= 11 is 0. The smallest absolute Gasteiger partial charge is 0.270 e. The summed E-state index contributed by atoms with van der Waals surface area (Å²) in [6.07, 6.45) is 1.26. The molecule has 4 aromatic rings. The third kappa shape index (κ3) is 5.85. The van der Waals surface area contributed by atoms with E-state index < -0.39 is 5.91 Å². The third-order valence-corrected chi connectivity index (χ3v) is 4.72. The highest BCUT2D eigenvalue weighted by atomic mass is 19.1. The van der Waals surface area contributed by atoms with E-state index in [1.807, 2.05) is 30.3 Å². The van der Waals surface area contributed by atoms with Crippen LogP contribution in [0.15, 0.2) is 83.9 Å². The van der Waals surface area contributed by atoms with Gasteiger partial charge in [-0.3, -0.25) is 9.59 Å². The van der Waals surface area contributed by atoms with Crippen LogP contribution in [0.3, 0.4) is 0 Å². The first kappa shape index (κ1) is 21.8. The van der Waals surface area contributed by atoms with Crippen molar-refractivity contribution in [3.63, 3.8) is 0 Å². The number of halogens is 1. The molecular weight excluding hydrogens is 425 g/mol. The molecule has 2 heterocycles. The van der Waals surface area contributed by atoms with Crippen LogP contribution in [0.5, 0.6) is 5.88 Å². The molecule has 1 N–H and O–H groups in total. The van der Waals surface area contributed by atoms with E-state index in [1.165, 1.54) is 35.3 Å². The highest BCUT2D eigenvalue weighted by Crippen LogP contribution is 2.15. The van der Waals surface area contributed by atoms with Crippen LogP contribution in [0, 0.1) is 5.82 Å². The van der Waals surface area contributed by atoms with Crippen LogP contribution in [0.1, 0.15) is 16.1 Å². The number of carbonyl (C=O) groups excluding carboxylic acids is 1. The topological polar surface area (TPSA) is 99.0 Å². The zero-order valence-corrected chi connectivity index (χ0v) is 17.5. The molecule has 0 aliphatic heterocycles. The monoisotopic (exact) mass is 445 g/mol. The largest absolute Gasteiger partial charge is 0.473 e. The van der Waals surface area contributed by atoms with E-state index >= 15 is 0 Å². The quantitative estimate of drug-likeness (QED) is 0.448. The lowest BCUT2D eigenvalue weighted by Gasteiger charge is -2.09. The van der Waals surface area contributed by atoms with Gasteiger partial charge in [-0.2, -0.15) is 5.10 Å². The lowest BCUT2D eigenvalue weighted by Crippen LogP contribution is -2.32. The van der Waals surface area contributed by atoms with Gasteiger partial charge in [0.05, 0.1) is 12.2 Å². The molecule has 8 nitrogen and oxygen atoms in total. The van der Waals surface area contributed by atoms with Crippen LogP contribution in [0.4, 0.5) is 4.39 Å². The van der Waals surface area contributed by atoms with Crippen LogP contribution in [0.25, 0.3) is 11.3 Å². The Balaban J connectivity index is 1.35. The molecular formula is C24H20FN5O3. The molecule has 0 fully saturated rings. The minimum absolute atomic E-state index is 0.147. The van der Waals surface area contributed by atoms with E-state index in [1.54, 1.807) is 18.2 Å². The molecule has 0 saturated heterocycles. The highest BCUT2D eigenvalue weighted by molar-refractivity contribution is 5.92. The molecule has 2 aromatic carbocycles. The van der Waals surface area contributed by atoms with Crippen molar-refractivity contribution < 1.29 is 13.9 Å². The molecule has 0 aliphatic rings. The van der Waals surface area contributed by atoms with Crippen LogP contribution in [-0.2, 0) is 13.2 Å². The Morgan fingerprint density at radius 2 is 1.79 bits per heavy atom. The number of amides is 1. The number of hydrogen-bond donors (Lipinski definition) is 1. The maximum Gasteiger partial charge on any atom is 0.270 e. The van der Waals surface area contributed by atoms with Gasteiger partial charge in [0.2, 0.25) is 5.88 Å². The Hall–Kier alpha value is -4.40. The fourth-order valence-electron chi connectivity index (χ4n) is 3.02. The lowest BCUT2D eigenvalue weighted by molar-refractivity contribution is 0.0946. The summed E-state index contributed by atoms with van der Waals surface area (Å²) in [5.74, 6) is -0.498. The summed E-state index contributed by atoms with van der Waals surface area (Å²) in [7, 11) is 0. The van der Waals surface area contributed by atoms with E-state index in [4.69, 9.17) is 4.74 Å². The molecule has 166 valence electrons. The number of aromatic nitrogens is 4. The fraction of sp³-hybridized carbons (Fsp3) is 0.125. The van der Waals surface area contributed by atoms with Crippen molar-refractivity contribution in [1.29, 1.82) is 0 Å². The van der Waals surface area contributed by atoms with Crippen molar-refractivity contribution in [3.8, 4) is 17.1 Å². The zero-order valence-electron chi connectivity index (χ0n) is 17.5. The summed E-state index contributed by atoms with van der Waals surface area (Å²) in [6.45, 7) is 0.628. The van der Waals surface area contributed by atoms with Gasteiger partial charge in [-0.05, 0) is 35.9 Å². The summed E-state index contributed by atoms with van der Waals surface area (Å²) in [5, 5.41) is 7.00. The van der Waals surface area contributed by atoms with Gasteiger partial charge >= 0.3 is 0 Å². The minimum atomic E-state index is -0.426. The molecule has 0 bridgehead atoms. The van der Waals surface area contributed by atoms with E-state index in [-0.39, 0.29) is 36.0 Å². The van der Waals surface area contributed by atoms with Crippen molar-refractivity contribution in [2.45, 2.75) is 13.2 Å². The first-order valence-corrected chi connectivity index (χ1v) is 10.2. The van der Waals surface area contributed by atoms with Crippen LogP contribution in [0.2, 0.25) is 0 Å². The van der Waals surface area contributed by atoms with Gasteiger partial charge in [-0.1, -0.05) is 30.3 Å². The number of rotatable bonds is 8. The first-order chi connectivity index (χ1) is 16.1. The van der Waals surface area contributed by atoms with Gasteiger partial charge in [0.1, 0.15) is 24.4 Å². The first-order valence-electron chi connectivity index (χ1n) is 10.2. The second-order valence-corrected chi connectivity index (χ2v) is 7.06. The molecule has 0 aliphatic carbocycles. The van der Waals surface area contributed by atoms with Gasteiger partial charge in [0.15, 0.2) is 0 Å². The standard InChI is InChI=1S/C24H20FN5O3/c25-19-8-6-18(7-9-19)20-10-11-23(31)30(29-20)13-12-26-24(32)21-14-22(28-16-27-21)33-15-17-4-2-1-3-5-17/h1-11,14,16H,12-13,15H2,(H,26,32). The highest BCUT2D eigenvalue weighted by Gasteiger charge is 2.10. The van der Waals surface area contributed by atoms with Gasteiger partial charge < -0.3 is 10.1 Å². The minimum Gasteiger partial charge on any atom is -0.473 e. The van der Waals surface area contributed by atoms with Crippen molar-refractivity contribution in [2.24, 2.45) is 0 Å². The summed E-state index contributed by atoms with van der Waals surface area (Å²) in [6, 6.07) is 19.8. The second kappa shape index (κ2) is 10.3. The van der Waals surface area contributed by atoms with Crippen molar-refractivity contribution in [1.82, 2.24) is 25.1 Å². The lowest BCUT2D eigenvalue weighted by atomic mass is 10.1. The number of nitrogens with one attached hydrogen (secondary N) is 1. The third-order valence-electron chi connectivity index (χ3n) is 4.72. The van der Waals surface area contributed by atoms with E-state index in [9.17, 15) is 14.0 Å². The molecule has 1 amide bonds. The summed E-state index contributed by atoms with van der Waals surface area (Å²) in [4.78, 5) is 32.6. The second-order valence-electron chi connectivity index (χ2n) is 7.06.